The number of benzene rings is 1. The van der Waals surface area contributed by atoms with Crippen LogP contribution in [0.3, 0.4) is 0 Å². The van der Waals surface area contributed by atoms with Crippen LogP contribution in [0.15, 0.2) is 67.6 Å². The summed E-state index contributed by atoms with van der Waals surface area (Å²) in [6.45, 7) is 5.14. The van der Waals surface area contributed by atoms with Gasteiger partial charge in [-0.15, -0.1) is 0 Å². The minimum absolute atomic E-state index is 0.231. The molecule has 5 rings (SSSR count). The molecule has 1 aliphatic rings. The van der Waals surface area contributed by atoms with Gasteiger partial charge in [-0.3, -0.25) is 4.40 Å². The molecule has 1 aliphatic heterocycles. The fourth-order valence-corrected chi connectivity index (χ4v) is 3.93. The molecule has 1 fully saturated rings. The summed E-state index contributed by atoms with van der Waals surface area (Å²) >= 11 is 0. The van der Waals surface area contributed by atoms with Gasteiger partial charge in [0, 0.05) is 29.9 Å². The highest BCUT2D eigenvalue weighted by Gasteiger charge is 2.24. The van der Waals surface area contributed by atoms with Gasteiger partial charge < -0.3 is 16.4 Å². The van der Waals surface area contributed by atoms with Gasteiger partial charge in [0.2, 0.25) is 0 Å². The zero-order valence-corrected chi connectivity index (χ0v) is 16.5. The van der Waals surface area contributed by atoms with Gasteiger partial charge in [-0.1, -0.05) is 36.9 Å². The number of nitrogen functional groups attached to an aromatic ring is 1. The Balaban J connectivity index is 1.49. The van der Waals surface area contributed by atoms with Gasteiger partial charge in [0.1, 0.15) is 28.7 Å². The molecule has 1 atom stereocenters. The van der Waals surface area contributed by atoms with Gasteiger partial charge in [-0.25, -0.2) is 15.0 Å². The van der Waals surface area contributed by atoms with Crippen LogP contribution in [0.1, 0.15) is 30.3 Å². The molecule has 0 spiro atoms. The van der Waals surface area contributed by atoms with Crippen molar-refractivity contribution in [2.24, 2.45) is 0 Å². The van der Waals surface area contributed by atoms with Crippen LogP contribution in [-0.4, -0.2) is 25.9 Å². The van der Waals surface area contributed by atoms with Gasteiger partial charge in [0.25, 0.3) is 0 Å². The monoisotopic (exact) mass is 397 g/mol. The van der Waals surface area contributed by atoms with E-state index in [0.717, 1.165) is 59.1 Å². The van der Waals surface area contributed by atoms with Crippen molar-refractivity contribution in [2.75, 3.05) is 17.6 Å². The first-order valence-corrected chi connectivity index (χ1v) is 10.0. The van der Waals surface area contributed by atoms with E-state index in [-0.39, 0.29) is 6.04 Å². The Morgan fingerprint density at radius 1 is 1.13 bits per heavy atom. The summed E-state index contributed by atoms with van der Waals surface area (Å²) in [7, 11) is 0. The van der Waals surface area contributed by atoms with E-state index >= 15 is 0 Å². The third-order valence-electron chi connectivity index (χ3n) is 5.43. The molecule has 0 radical (unpaired) electrons. The lowest BCUT2D eigenvalue weighted by atomic mass is 10.1. The van der Waals surface area contributed by atoms with Gasteiger partial charge in [0.05, 0.1) is 6.04 Å². The highest BCUT2D eigenvalue weighted by Crippen LogP contribution is 2.32. The van der Waals surface area contributed by atoms with Crippen LogP contribution >= 0.6 is 0 Å². The van der Waals surface area contributed by atoms with Gasteiger partial charge in [-0.05, 0) is 37.1 Å². The number of aromatic nitrogens is 4. The molecule has 7 nitrogen and oxygen atoms in total. The molecule has 1 saturated heterocycles. The van der Waals surface area contributed by atoms with Crippen LogP contribution < -0.4 is 16.4 Å². The first-order valence-electron chi connectivity index (χ1n) is 10.0. The van der Waals surface area contributed by atoms with Crippen LogP contribution in [-0.2, 0) is 0 Å². The fraction of sp³-hybridized carbons (Fsp3) is 0.174. The van der Waals surface area contributed by atoms with Crippen LogP contribution in [0, 0.1) is 0 Å². The number of nitrogens with zero attached hydrogens (tertiary/aromatic N) is 4. The average molecular weight is 397 g/mol. The lowest BCUT2D eigenvalue weighted by Gasteiger charge is -2.09. The third-order valence-corrected chi connectivity index (χ3v) is 5.43. The second-order valence-corrected chi connectivity index (χ2v) is 7.39. The number of fused-ring (bicyclic) bond motifs is 1. The van der Waals surface area contributed by atoms with Crippen molar-refractivity contribution in [3.63, 3.8) is 0 Å². The SMILES string of the molecule is C=C(Nc1ccccn1)c1ccc(-c2nc([C@@H]3CCCN3)n3ccnc(N)c23)cc1. The quantitative estimate of drug-likeness (QED) is 0.473. The molecule has 0 amide bonds. The second kappa shape index (κ2) is 7.61. The Morgan fingerprint density at radius 3 is 2.73 bits per heavy atom. The lowest BCUT2D eigenvalue weighted by molar-refractivity contribution is 0.603. The summed E-state index contributed by atoms with van der Waals surface area (Å²) in [5, 5.41) is 6.76. The van der Waals surface area contributed by atoms with Gasteiger partial charge in [-0.2, -0.15) is 0 Å². The van der Waals surface area contributed by atoms with Crippen LogP contribution in [0.4, 0.5) is 11.6 Å². The highest BCUT2D eigenvalue weighted by atomic mass is 15.1. The maximum atomic E-state index is 6.25. The number of hydrogen-bond acceptors (Lipinski definition) is 6. The molecule has 0 unspecified atom stereocenters. The van der Waals surface area contributed by atoms with E-state index in [0.29, 0.717) is 5.82 Å². The van der Waals surface area contributed by atoms with Crippen molar-refractivity contribution in [3.8, 4) is 11.3 Å². The Hall–Kier alpha value is -3.71. The standard InChI is InChI=1S/C23H23N7/c1-15(28-19-6-2-3-11-26-19)16-7-9-17(10-8-16)20-21-22(24)27-13-14-30(21)23(29-20)18-5-4-12-25-18/h2-3,6-11,13-14,18,25H,1,4-5,12H2,(H2,24,27)(H,26,28)/t18-/m0/s1. The van der Waals surface area contributed by atoms with Gasteiger partial charge >= 0.3 is 0 Å². The number of pyridine rings is 1. The van der Waals surface area contributed by atoms with Crippen molar-refractivity contribution >= 4 is 22.8 Å². The third kappa shape index (κ3) is 3.29. The van der Waals surface area contributed by atoms with Crippen LogP contribution in [0.25, 0.3) is 22.5 Å². The second-order valence-electron chi connectivity index (χ2n) is 7.39. The zero-order chi connectivity index (χ0) is 20.5. The molecule has 3 aromatic heterocycles. The van der Waals surface area contributed by atoms with E-state index in [9.17, 15) is 0 Å². The van der Waals surface area contributed by atoms with Crippen molar-refractivity contribution in [2.45, 2.75) is 18.9 Å². The van der Waals surface area contributed by atoms with Crippen LogP contribution in [0.2, 0.25) is 0 Å². The van der Waals surface area contributed by atoms with E-state index in [1.807, 2.05) is 48.7 Å². The molecule has 0 saturated carbocycles. The van der Waals surface area contributed by atoms with E-state index in [4.69, 9.17) is 10.7 Å². The molecule has 150 valence electrons. The molecule has 1 aromatic carbocycles. The molecule has 0 bridgehead atoms. The summed E-state index contributed by atoms with van der Waals surface area (Å²) < 4.78 is 2.07. The number of hydrogen-bond donors (Lipinski definition) is 3. The van der Waals surface area contributed by atoms with Crippen LogP contribution in [0.5, 0.6) is 0 Å². The van der Waals surface area contributed by atoms with E-state index in [1.165, 1.54) is 0 Å². The van der Waals surface area contributed by atoms with Crippen molar-refractivity contribution in [1.82, 2.24) is 24.7 Å². The molecular formula is C23H23N7. The minimum Gasteiger partial charge on any atom is -0.382 e. The Labute approximate surface area is 174 Å². The number of rotatable bonds is 5. The molecule has 0 aliphatic carbocycles. The molecule has 30 heavy (non-hydrogen) atoms. The van der Waals surface area contributed by atoms with E-state index in [1.54, 1.807) is 12.4 Å². The first kappa shape index (κ1) is 18.3. The summed E-state index contributed by atoms with van der Waals surface area (Å²) in [6.07, 6.45) is 7.62. The summed E-state index contributed by atoms with van der Waals surface area (Å²) in [5.74, 6) is 2.23. The largest absolute Gasteiger partial charge is 0.382 e. The summed E-state index contributed by atoms with van der Waals surface area (Å²) in [6, 6.07) is 14.1. The smallest absolute Gasteiger partial charge is 0.150 e. The number of nitrogens with two attached hydrogens (primary N) is 1. The van der Waals surface area contributed by atoms with E-state index < -0.39 is 0 Å². The molecular weight excluding hydrogens is 374 g/mol. The molecule has 7 heteroatoms. The number of imidazole rings is 1. The predicted molar refractivity (Wildman–Crippen MR) is 120 cm³/mol. The topological polar surface area (TPSA) is 93.2 Å². The predicted octanol–water partition coefficient (Wildman–Crippen LogP) is 3.88. The maximum Gasteiger partial charge on any atom is 0.150 e. The maximum absolute atomic E-state index is 6.25. The first-order chi connectivity index (χ1) is 14.7. The normalized spacial score (nSPS) is 16.1. The molecule has 4 N–H and O–H groups in total. The zero-order valence-electron chi connectivity index (χ0n) is 16.5. The number of nitrogens with one attached hydrogen (secondary N) is 2. The molecule has 4 aromatic rings. The van der Waals surface area contributed by atoms with Gasteiger partial charge in [0.15, 0.2) is 0 Å². The average Bonchev–Trinajstić information content (AvgIpc) is 3.43. The van der Waals surface area contributed by atoms with Crippen molar-refractivity contribution in [1.29, 1.82) is 0 Å². The summed E-state index contributed by atoms with van der Waals surface area (Å²) in [5.41, 5.74) is 10.7. The Bertz CT molecular complexity index is 1190. The lowest BCUT2D eigenvalue weighted by Crippen LogP contribution is -2.15. The fourth-order valence-electron chi connectivity index (χ4n) is 3.93. The number of anilines is 2. The molecule has 4 heterocycles. The summed E-state index contributed by atoms with van der Waals surface area (Å²) in [4.78, 5) is 13.6. The van der Waals surface area contributed by atoms with Crippen molar-refractivity contribution < 1.29 is 0 Å². The van der Waals surface area contributed by atoms with Crippen molar-refractivity contribution in [3.05, 3.63) is 79.0 Å². The Morgan fingerprint density at radius 2 is 2.00 bits per heavy atom. The minimum atomic E-state index is 0.231. The highest BCUT2D eigenvalue weighted by molar-refractivity contribution is 5.86. The van der Waals surface area contributed by atoms with E-state index in [2.05, 4.69) is 31.6 Å². The Kier molecular flexibility index (Phi) is 4.65.